The summed E-state index contributed by atoms with van der Waals surface area (Å²) in [5.41, 5.74) is 0.503. The summed E-state index contributed by atoms with van der Waals surface area (Å²) in [5, 5.41) is 0. The number of hydrogen-bond acceptors (Lipinski definition) is 0. The summed E-state index contributed by atoms with van der Waals surface area (Å²) >= 11 is 6.65. The van der Waals surface area contributed by atoms with Crippen LogP contribution in [-0.2, 0) is 0 Å². The van der Waals surface area contributed by atoms with Gasteiger partial charge in [0.1, 0.15) is 0 Å². The van der Waals surface area contributed by atoms with Crippen LogP contribution in [0.15, 0.2) is 0 Å². The molecule has 14 heavy (non-hydrogen) atoms. The summed E-state index contributed by atoms with van der Waals surface area (Å²) in [6.45, 7) is 4.50. The minimum Gasteiger partial charge on any atom is -0.119 e. The first-order valence-electron chi connectivity index (χ1n) is 6.17. The Morgan fingerprint density at radius 2 is 1.29 bits per heavy atom. The number of rotatable bonds is 1. The summed E-state index contributed by atoms with van der Waals surface area (Å²) in [7, 11) is 0. The molecular weight excluding hydrogens is 192 g/mol. The molecule has 0 atom stereocenters. The predicted molar refractivity (Wildman–Crippen MR) is 60.5 cm³/mol. The van der Waals surface area contributed by atoms with Crippen molar-refractivity contribution in [1.82, 2.24) is 0 Å². The highest BCUT2D eigenvalue weighted by Gasteiger charge is 2.56. The van der Waals surface area contributed by atoms with Gasteiger partial charge in [0, 0.05) is 4.87 Å². The number of alkyl halides is 1. The van der Waals surface area contributed by atoms with Crippen LogP contribution in [0.5, 0.6) is 0 Å². The van der Waals surface area contributed by atoms with E-state index in [2.05, 4.69) is 13.8 Å². The first-order valence-corrected chi connectivity index (χ1v) is 6.55. The molecule has 0 radical (unpaired) electrons. The van der Waals surface area contributed by atoms with E-state index in [1.54, 1.807) is 0 Å². The van der Waals surface area contributed by atoms with Crippen molar-refractivity contribution in [2.24, 2.45) is 23.2 Å². The van der Waals surface area contributed by atoms with Crippen LogP contribution in [0.25, 0.3) is 0 Å². The third-order valence-corrected chi connectivity index (χ3v) is 5.70. The molecule has 4 saturated carbocycles. The van der Waals surface area contributed by atoms with Crippen molar-refractivity contribution in [2.75, 3.05) is 0 Å². The van der Waals surface area contributed by atoms with Gasteiger partial charge in [-0.3, -0.25) is 0 Å². The molecule has 0 heterocycles. The Morgan fingerprint density at radius 1 is 0.929 bits per heavy atom. The molecular formula is C13H21Cl. The second-order valence-electron chi connectivity index (χ2n) is 6.67. The van der Waals surface area contributed by atoms with Gasteiger partial charge in [-0.2, -0.15) is 0 Å². The zero-order valence-electron chi connectivity index (χ0n) is 9.35. The van der Waals surface area contributed by atoms with Gasteiger partial charge in [0.25, 0.3) is 0 Å². The van der Waals surface area contributed by atoms with Gasteiger partial charge in [-0.25, -0.2) is 0 Å². The van der Waals surface area contributed by atoms with Crippen molar-refractivity contribution < 1.29 is 0 Å². The fraction of sp³-hybridized carbons (Fsp3) is 1.00. The zero-order valence-corrected chi connectivity index (χ0v) is 10.1. The lowest BCUT2D eigenvalue weighted by Gasteiger charge is -2.60. The van der Waals surface area contributed by atoms with Crippen molar-refractivity contribution >= 4 is 11.6 Å². The van der Waals surface area contributed by atoms with Crippen LogP contribution in [-0.4, -0.2) is 4.87 Å². The van der Waals surface area contributed by atoms with E-state index in [0.717, 1.165) is 17.8 Å². The normalized spacial score (nSPS) is 51.2. The maximum atomic E-state index is 6.65. The van der Waals surface area contributed by atoms with E-state index in [4.69, 9.17) is 11.6 Å². The lowest BCUT2D eigenvalue weighted by atomic mass is 9.46. The summed E-state index contributed by atoms with van der Waals surface area (Å²) in [6.07, 6.45) is 8.84. The van der Waals surface area contributed by atoms with Gasteiger partial charge < -0.3 is 0 Å². The van der Waals surface area contributed by atoms with Gasteiger partial charge in [0.05, 0.1) is 0 Å². The summed E-state index contributed by atoms with van der Waals surface area (Å²) in [4.78, 5) is 0.0308. The standard InChI is InChI=1S/C13H21Cl/c1-12(2,14)13-6-9-3-10(7-13)5-11(4-9)8-13/h9-11H,3-8H2,1-2H3. The third kappa shape index (κ3) is 1.19. The van der Waals surface area contributed by atoms with Crippen molar-refractivity contribution in [3.63, 3.8) is 0 Å². The SMILES string of the molecule is CC(C)(Cl)C12CC3CC(CC(C3)C1)C2. The molecule has 4 aliphatic rings. The third-order valence-electron chi connectivity index (χ3n) is 5.30. The average molecular weight is 213 g/mol. The van der Waals surface area contributed by atoms with Gasteiger partial charge in [0.15, 0.2) is 0 Å². The Morgan fingerprint density at radius 3 is 1.57 bits per heavy atom. The Labute approximate surface area is 92.4 Å². The average Bonchev–Trinajstić information content (AvgIpc) is 1.98. The number of halogens is 1. The Hall–Kier alpha value is 0.290. The highest BCUT2D eigenvalue weighted by atomic mass is 35.5. The lowest BCUT2D eigenvalue weighted by Crippen LogP contribution is -2.53. The topological polar surface area (TPSA) is 0 Å². The molecule has 0 unspecified atom stereocenters. The molecule has 0 aromatic rings. The van der Waals surface area contributed by atoms with Crippen LogP contribution in [0.3, 0.4) is 0 Å². The molecule has 0 saturated heterocycles. The molecule has 0 aromatic heterocycles. The second kappa shape index (κ2) is 2.70. The van der Waals surface area contributed by atoms with E-state index >= 15 is 0 Å². The Bertz CT molecular complexity index is 213. The summed E-state index contributed by atoms with van der Waals surface area (Å²) in [6, 6.07) is 0. The first-order chi connectivity index (χ1) is 6.48. The minimum absolute atomic E-state index is 0.0308. The highest BCUT2D eigenvalue weighted by molar-refractivity contribution is 6.24. The van der Waals surface area contributed by atoms with Crippen molar-refractivity contribution in [2.45, 2.75) is 57.2 Å². The van der Waals surface area contributed by atoms with E-state index in [1.807, 2.05) is 0 Å². The smallest absolute Gasteiger partial charge is 0.0447 e. The molecule has 4 bridgehead atoms. The number of hydrogen-bond donors (Lipinski definition) is 0. The van der Waals surface area contributed by atoms with Gasteiger partial charge in [-0.05, 0) is 75.5 Å². The van der Waals surface area contributed by atoms with E-state index in [1.165, 1.54) is 38.5 Å². The van der Waals surface area contributed by atoms with Crippen LogP contribution in [0.1, 0.15) is 52.4 Å². The molecule has 0 aromatic carbocycles. The summed E-state index contributed by atoms with van der Waals surface area (Å²) < 4.78 is 0. The highest BCUT2D eigenvalue weighted by Crippen LogP contribution is 2.64. The van der Waals surface area contributed by atoms with E-state index in [0.29, 0.717) is 5.41 Å². The van der Waals surface area contributed by atoms with Crippen LogP contribution in [0.2, 0.25) is 0 Å². The van der Waals surface area contributed by atoms with E-state index < -0.39 is 0 Å². The van der Waals surface area contributed by atoms with E-state index in [-0.39, 0.29) is 4.87 Å². The maximum absolute atomic E-state index is 6.65. The fourth-order valence-corrected chi connectivity index (χ4v) is 5.07. The quantitative estimate of drug-likeness (QED) is 0.571. The van der Waals surface area contributed by atoms with Crippen LogP contribution >= 0.6 is 11.6 Å². The van der Waals surface area contributed by atoms with E-state index in [9.17, 15) is 0 Å². The molecule has 0 nitrogen and oxygen atoms in total. The summed E-state index contributed by atoms with van der Waals surface area (Å²) in [5.74, 6) is 3.08. The van der Waals surface area contributed by atoms with Crippen LogP contribution in [0.4, 0.5) is 0 Å². The predicted octanol–water partition coefficient (Wildman–Crippen LogP) is 4.22. The molecule has 80 valence electrons. The van der Waals surface area contributed by atoms with Gasteiger partial charge >= 0.3 is 0 Å². The molecule has 0 aliphatic heterocycles. The van der Waals surface area contributed by atoms with Gasteiger partial charge in [0.2, 0.25) is 0 Å². The van der Waals surface area contributed by atoms with Crippen molar-refractivity contribution in [1.29, 1.82) is 0 Å². The molecule has 0 amide bonds. The molecule has 4 aliphatic carbocycles. The van der Waals surface area contributed by atoms with Gasteiger partial charge in [-0.15, -0.1) is 11.6 Å². The van der Waals surface area contributed by atoms with Crippen molar-refractivity contribution in [3.05, 3.63) is 0 Å². The second-order valence-corrected chi connectivity index (χ2v) is 7.62. The molecule has 4 rings (SSSR count). The molecule has 4 fully saturated rings. The largest absolute Gasteiger partial charge is 0.119 e. The first kappa shape index (κ1) is 9.51. The van der Waals surface area contributed by atoms with Crippen LogP contribution in [0, 0.1) is 23.2 Å². The van der Waals surface area contributed by atoms with Gasteiger partial charge in [-0.1, -0.05) is 0 Å². The molecule has 1 heteroatoms. The molecule has 0 N–H and O–H groups in total. The zero-order chi connectivity index (χ0) is 9.97. The van der Waals surface area contributed by atoms with Crippen molar-refractivity contribution in [3.8, 4) is 0 Å². The fourth-order valence-electron chi connectivity index (χ4n) is 4.84. The Balaban J connectivity index is 1.95. The monoisotopic (exact) mass is 212 g/mol. The van der Waals surface area contributed by atoms with Crippen LogP contribution < -0.4 is 0 Å². The lowest BCUT2D eigenvalue weighted by molar-refractivity contribution is -0.0707. The Kier molecular flexibility index (Phi) is 1.83. The molecule has 0 spiro atoms. The maximum Gasteiger partial charge on any atom is 0.0447 e. The minimum atomic E-state index is 0.0308.